The molecule has 4 aliphatic rings. The molecule has 12 rings (SSSR count). The Hall–Kier alpha value is -6.24. The van der Waals surface area contributed by atoms with Gasteiger partial charge in [0.15, 0.2) is 0 Å². The monoisotopic (exact) mass is 828 g/mol. The van der Waals surface area contributed by atoms with Crippen molar-refractivity contribution in [2.75, 3.05) is 0 Å². The fraction of sp³-hybridized carbons (Fsp3) is 0.250. The Kier molecular flexibility index (Phi) is 9.28. The van der Waals surface area contributed by atoms with Crippen LogP contribution in [0.5, 0.6) is 0 Å². The van der Waals surface area contributed by atoms with Gasteiger partial charge < -0.3 is 0 Å². The average molecular weight is 829 g/mol. The van der Waals surface area contributed by atoms with Crippen molar-refractivity contribution in [1.82, 2.24) is 0 Å². The van der Waals surface area contributed by atoms with Gasteiger partial charge in [-0.05, 0) is 193 Å². The van der Waals surface area contributed by atoms with Crippen molar-refractivity contribution in [2.24, 2.45) is 0 Å². The van der Waals surface area contributed by atoms with Crippen molar-refractivity contribution < 1.29 is 0 Å². The largest absolute Gasteiger partial charge is 0.0642 e. The van der Waals surface area contributed by atoms with Crippen LogP contribution >= 0.6 is 0 Å². The molecule has 4 aliphatic carbocycles. The highest BCUT2D eigenvalue weighted by Crippen LogP contribution is 2.55. The molecular weight excluding hydrogens is 769 g/mol. The summed E-state index contributed by atoms with van der Waals surface area (Å²) in [5, 5.41) is 11.3. The Morgan fingerprint density at radius 1 is 0.219 bits per heavy atom. The summed E-state index contributed by atoms with van der Waals surface area (Å²) in [6.07, 6.45) is 9.81. The van der Waals surface area contributed by atoms with Crippen molar-refractivity contribution in [3.63, 3.8) is 0 Å². The topological polar surface area (TPSA) is 0 Å². The molecule has 8 aromatic rings. The number of allylic oxidation sites excluding steroid dienone is 4. The third-order valence-electron chi connectivity index (χ3n) is 15.1. The van der Waals surface area contributed by atoms with Gasteiger partial charge in [-0.3, -0.25) is 0 Å². The van der Waals surface area contributed by atoms with Crippen LogP contribution in [0.3, 0.4) is 0 Å². The highest BCUT2D eigenvalue weighted by molar-refractivity contribution is 6.02. The summed E-state index contributed by atoms with van der Waals surface area (Å²) >= 11 is 0. The van der Waals surface area contributed by atoms with E-state index in [2.05, 4.69) is 204 Å². The molecule has 0 amide bonds. The minimum atomic E-state index is 0.364. The molecule has 316 valence electrons. The number of aryl methyl sites for hydroxylation is 8. The highest BCUT2D eigenvalue weighted by atomic mass is 14.4. The molecule has 0 aliphatic heterocycles. The third kappa shape index (κ3) is 6.39. The van der Waals surface area contributed by atoms with Crippen LogP contribution in [-0.4, -0.2) is 0 Å². The molecule has 0 bridgehead atoms. The van der Waals surface area contributed by atoms with Crippen LogP contribution in [-0.2, 0) is 0 Å². The van der Waals surface area contributed by atoms with Gasteiger partial charge in [-0.15, -0.1) is 0 Å². The van der Waals surface area contributed by atoms with E-state index in [0.717, 1.165) is 0 Å². The Morgan fingerprint density at radius 3 is 0.578 bits per heavy atom. The summed E-state index contributed by atoms with van der Waals surface area (Å²) in [6, 6.07) is 38.1. The molecular formula is C64H60. The second-order valence-corrected chi connectivity index (χ2v) is 20.7. The van der Waals surface area contributed by atoms with Gasteiger partial charge in [0.1, 0.15) is 0 Å². The lowest BCUT2D eigenvalue weighted by atomic mass is 9.66. The molecule has 0 N–H and O–H groups in total. The van der Waals surface area contributed by atoms with E-state index in [1.165, 1.54) is 154 Å². The van der Waals surface area contributed by atoms with Crippen LogP contribution in [0.1, 0.15) is 140 Å². The molecule has 0 saturated heterocycles. The average Bonchev–Trinajstić information content (AvgIpc) is 3.18. The fourth-order valence-corrected chi connectivity index (χ4v) is 13.1. The SMILES string of the molecule is CC1=Cc2cc(C)cc3cc(C)cc(c23)[C@@H]1[C@@H]1C(C)=Cc2cc(C)cc3cc(C)cc1c23.CC1=Cc2cc(C)cc3cc(C)cc(c23)[C@@H]1[C@@H]1C(C)=Cc2cc(C)cc3cc(C)cc1c23. The Bertz CT molecular complexity index is 3030. The summed E-state index contributed by atoms with van der Waals surface area (Å²) in [6.45, 7) is 27.2. The van der Waals surface area contributed by atoms with Gasteiger partial charge in [0.05, 0.1) is 0 Å². The Balaban J connectivity index is 0.000000143. The predicted molar refractivity (Wildman–Crippen MR) is 279 cm³/mol. The molecule has 0 unspecified atom stereocenters. The first-order valence-corrected chi connectivity index (χ1v) is 23.5. The number of hydrogen-bond acceptors (Lipinski definition) is 0. The number of hydrogen-bond donors (Lipinski definition) is 0. The first kappa shape index (κ1) is 40.5. The van der Waals surface area contributed by atoms with Crippen molar-refractivity contribution in [1.29, 1.82) is 0 Å². The number of rotatable bonds is 2. The van der Waals surface area contributed by atoms with Crippen LogP contribution in [0.2, 0.25) is 0 Å². The molecule has 0 heteroatoms. The second-order valence-electron chi connectivity index (χ2n) is 20.7. The second kappa shape index (κ2) is 14.6. The molecule has 0 radical (unpaired) electrons. The van der Waals surface area contributed by atoms with Gasteiger partial charge in [-0.1, -0.05) is 166 Å². The van der Waals surface area contributed by atoms with Gasteiger partial charge >= 0.3 is 0 Å². The van der Waals surface area contributed by atoms with Crippen molar-refractivity contribution in [3.8, 4) is 0 Å². The van der Waals surface area contributed by atoms with E-state index in [0.29, 0.717) is 23.7 Å². The molecule has 0 fully saturated rings. The quantitative estimate of drug-likeness (QED) is 0.163. The third-order valence-corrected chi connectivity index (χ3v) is 15.1. The van der Waals surface area contributed by atoms with Gasteiger partial charge in [-0.2, -0.15) is 0 Å². The maximum absolute atomic E-state index is 2.45. The van der Waals surface area contributed by atoms with Crippen LogP contribution in [0.25, 0.3) is 67.4 Å². The van der Waals surface area contributed by atoms with Crippen LogP contribution in [0, 0.1) is 55.4 Å². The lowest BCUT2D eigenvalue weighted by Gasteiger charge is -2.37. The van der Waals surface area contributed by atoms with Crippen molar-refractivity contribution in [3.05, 3.63) is 208 Å². The normalized spacial score (nSPS) is 19.3. The van der Waals surface area contributed by atoms with E-state index < -0.39 is 0 Å². The lowest BCUT2D eigenvalue weighted by molar-refractivity contribution is 0.678. The number of benzene rings is 8. The van der Waals surface area contributed by atoms with Crippen LogP contribution in [0.4, 0.5) is 0 Å². The lowest BCUT2D eigenvalue weighted by Crippen LogP contribution is -2.19. The standard InChI is InChI=1S/2C32H30/c2*1-17-7-23-11-19(3)13-27-29(21(5)15-25(9-17)31(23)27)30-22(6)16-26-10-18(2)8-24-12-20(4)14-28(30)32(24)26/h2*7-16,29-30H,1-6H3/t2*29-,30-/m11/s1. The molecule has 4 atom stereocenters. The molecule has 8 aromatic carbocycles. The maximum atomic E-state index is 2.45. The van der Waals surface area contributed by atoms with E-state index in [4.69, 9.17) is 0 Å². The van der Waals surface area contributed by atoms with E-state index >= 15 is 0 Å². The Labute approximate surface area is 380 Å². The smallest absolute Gasteiger partial charge is 0.0162 e. The molecule has 64 heavy (non-hydrogen) atoms. The maximum Gasteiger partial charge on any atom is 0.0162 e. The van der Waals surface area contributed by atoms with E-state index in [1.807, 2.05) is 0 Å². The minimum absolute atomic E-state index is 0.364. The molecule has 0 heterocycles. The van der Waals surface area contributed by atoms with Gasteiger partial charge in [-0.25, -0.2) is 0 Å². The zero-order valence-corrected chi connectivity index (χ0v) is 39.9. The summed E-state index contributed by atoms with van der Waals surface area (Å²) in [5.74, 6) is 1.46. The zero-order chi connectivity index (χ0) is 44.6. The van der Waals surface area contributed by atoms with E-state index in [9.17, 15) is 0 Å². The predicted octanol–water partition coefficient (Wildman–Crippen LogP) is 17.9. The molecule has 0 saturated carbocycles. The van der Waals surface area contributed by atoms with Gasteiger partial charge in [0.2, 0.25) is 0 Å². The minimum Gasteiger partial charge on any atom is -0.0642 e. The van der Waals surface area contributed by atoms with Crippen LogP contribution < -0.4 is 0 Å². The van der Waals surface area contributed by atoms with Crippen LogP contribution in [0.15, 0.2) is 119 Å². The molecule has 0 aromatic heterocycles. The molecule has 0 spiro atoms. The van der Waals surface area contributed by atoms with Crippen molar-refractivity contribution in [2.45, 2.75) is 107 Å². The van der Waals surface area contributed by atoms with Gasteiger partial charge in [0, 0.05) is 23.7 Å². The zero-order valence-electron chi connectivity index (χ0n) is 39.9. The van der Waals surface area contributed by atoms with Crippen molar-refractivity contribution >= 4 is 67.4 Å². The van der Waals surface area contributed by atoms with E-state index in [-0.39, 0.29) is 0 Å². The summed E-state index contributed by atoms with van der Waals surface area (Å²) in [5.41, 5.74) is 28.2. The van der Waals surface area contributed by atoms with E-state index in [1.54, 1.807) is 0 Å². The molecule has 0 nitrogen and oxygen atoms in total. The van der Waals surface area contributed by atoms with Gasteiger partial charge in [0.25, 0.3) is 0 Å². The fourth-order valence-electron chi connectivity index (χ4n) is 13.1. The highest BCUT2D eigenvalue weighted by Gasteiger charge is 2.37. The first-order valence-electron chi connectivity index (χ1n) is 23.5. The summed E-state index contributed by atoms with van der Waals surface area (Å²) < 4.78 is 0. The summed E-state index contributed by atoms with van der Waals surface area (Å²) in [4.78, 5) is 0. The first-order chi connectivity index (χ1) is 30.6. The Morgan fingerprint density at radius 2 is 0.391 bits per heavy atom. The summed E-state index contributed by atoms with van der Waals surface area (Å²) in [7, 11) is 0.